The molecule has 1 heterocycles. The van der Waals surface area contributed by atoms with Gasteiger partial charge in [-0.3, -0.25) is 9.59 Å². The van der Waals surface area contributed by atoms with Crippen LogP contribution in [0.5, 0.6) is 0 Å². The molecule has 0 radical (unpaired) electrons. The van der Waals surface area contributed by atoms with Crippen molar-refractivity contribution >= 4 is 17.5 Å². The molecule has 0 unspecified atom stereocenters. The first-order valence-electron chi connectivity index (χ1n) is 11.4. The van der Waals surface area contributed by atoms with Gasteiger partial charge in [-0.15, -0.1) is 0 Å². The van der Waals surface area contributed by atoms with Gasteiger partial charge in [0.2, 0.25) is 17.6 Å². The Kier molecular flexibility index (Phi) is 7.18. The monoisotopic (exact) mass is 486 g/mol. The number of rotatable bonds is 7. The summed E-state index contributed by atoms with van der Waals surface area (Å²) in [5.74, 6) is -0.898. The van der Waals surface area contributed by atoms with E-state index in [1.165, 1.54) is 12.1 Å². The highest BCUT2D eigenvalue weighted by Crippen LogP contribution is 2.40. The predicted molar refractivity (Wildman–Crippen MR) is 123 cm³/mol. The van der Waals surface area contributed by atoms with Gasteiger partial charge >= 0.3 is 6.18 Å². The Bertz CT molecular complexity index is 1200. The predicted octanol–water partition coefficient (Wildman–Crippen LogP) is 5.67. The molecule has 184 valence electrons. The maximum atomic E-state index is 13.9. The van der Waals surface area contributed by atoms with E-state index < -0.39 is 17.6 Å². The fraction of sp³-hybridized carbons (Fsp3) is 0.360. The number of alkyl halides is 3. The Morgan fingerprint density at radius 1 is 1.03 bits per heavy atom. The van der Waals surface area contributed by atoms with E-state index in [1.807, 2.05) is 0 Å². The Balaban J connectivity index is 1.54. The second-order valence-electron chi connectivity index (χ2n) is 8.65. The summed E-state index contributed by atoms with van der Waals surface area (Å²) in [6, 6.07) is 10.7. The molecule has 3 N–H and O–H groups in total. The number of carbonyl (C=O) groups excluding carboxylic acids is 2. The summed E-state index contributed by atoms with van der Waals surface area (Å²) in [6.45, 7) is 0. The van der Waals surface area contributed by atoms with Crippen LogP contribution in [0, 0.1) is 0 Å². The SMILES string of the molecule is NC(=O)CCC(=O)Nc1ccc(-c2nc(-c3ccc(C4CCCCC4)cc3C(F)(F)F)no2)cc1. The topological polar surface area (TPSA) is 111 Å². The molecule has 7 nitrogen and oxygen atoms in total. The summed E-state index contributed by atoms with van der Waals surface area (Å²) in [5.41, 5.74) is 5.77. The number of nitrogens with zero attached hydrogens (tertiary/aromatic N) is 2. The Hall–Kier alpha value is -3.69. The molecular weight excluding hydrogens is 461 g/mol. The number of hydrogen-bond donors (Lipinski definition) is 2. The minimum atomic E-state index is -4.56. The summed E-state index contributed by atoms with van der Waals surface area (Å²) in [5, 5.41) is 6.42. The average Bonchev–Trinajstić information content (AvgIpc) is 3.33. The van der Waals surface area contributed by atoms with Crippen molar-refractivity contribution in [3.8, 4) is 22.8 Å². The number of nitrogens with one attached hydrogen (secondary N) is 1. The van der Waals surface area contributed by atoms with E-state index in [0.717, 1.165) is 32.1 Å². The summed E-state index contributed by atoms with van der Waals surface area (Å²) in [6.07, 6.45) is 0.302. The van der Waals surface area contributed by atoms with Crippen LogP contribution in [0.1, 0.15) is 62.0 Å². The molecule has 1 aliphatic carbocycles. The lowest BCUT2D eigenvalue weighted by Gasteiger charge is -2.23. The minimum absolute atomic E-state index is 0.0365. The fourth-order valence-electron chi connectivity index (χ4n) is 4.29. The third kappa shape index (κ3) is 6.06. The Morgan fingerprint density at radius 3 is 2.40 bits per heavy atom. The molecule has 4 rings (SSSR count). The van der Waals surface area contributed by atoms with Crippen molar-refractivity contribution in [2.24, 2.45) is 5.73 Å². The van der Waals surface area contributed by atoms with Crippen molar-refractivity contribution in [1.82, 2.24) is 10.1 Å². The van der Waals surface area contributed by atoms with Gasteiger partial charge in [-0.25, -0.2) is 0 Å². The van der Waals surface area contributed by atoms with Gasteiger partial charge in [-0.05, 0) is 54.7 Å². The van der Waals surface area contributed by atoms with Gasteiger partial charge in [0.25, 0.3) is 5.89 Å². The van der Waals surface area contributed by atoms with Crippen molar-refractivity contribution < 1.29 is 27.3 Å². The molecule has 0 aliphatic heterocycles. The Labute approximate surface area is 199 Å². The number of nitrogens with two attached hydrogens (primary N) is 1. The number of aromatic nitrogens is 2. The van der Waals surface area contributed by atoms with E-state index >= 15 is 0 Å². The van der Waals surface area contributed by atoms with Gasteiger partial charge in [0.05, 0.1) is 5.56 Å². The second-order valence-corrected chi connectivity index (χ2v) is 8.65. The quantitative estimate of drug-likeness (QED) is 0.447. The van der Waals surface area contributed by atoms with Crippen molar-refractivity contribution in [1.29, 1.82) is 0 Å². The summed E-state index contributed by atoms with van der Waals surface area (Å²) >= 11 is 0. The molecule has 35 heavy (non-hydrogen) atoms. The number of amides is 2. The van der Waals surface area contributed by atoms with Crippen molar-refractivity contribution in [3.63, 3.8) is 0 Å². The van der Waals surface area contributed by atoms with E-state index in [0.29, 0.717) is 16.8 Å². The molecule has 0 spiro atoms. The van der Waals surface area contributed by atoms with Crippen LogP contribution in [0.4, 0.5) is 18.9 Å². The zero-order valence-electron chi connectivity index (χ0n) is 18.9. The van der Waals surface area contributed by atoms with Crippen LogP contribution in [0.3, 0.4) is 0 Å². The molecule has 0 bridgehead atoms. The summed E-state index contributed by atoms with van der Waals surface area (Å²) < 4.78 is 47.0. The third-order valence-corrected chi connectivity index (χ3v) is 6.11. The van der Waals surface area contributed by atoms with Crippen molar-refractivity contribution in [2.75, 3.05) is 5.32 Å². The van der Waals surface area contributed by atoms with Crippen LogP contribution >= 0.6 is 0 Å². The van der Waals surface area contributed by atoms with Crippen LogP contribution in [-0.2, 0) is 15.8 Å². The van der Waals surface area contributed by atoms with E-state index in [1.54, 1.807) is 30.3 Å². The maximum Gasteiger partial charge on any atom is 0.417 e. The number of carbonyl (C=O) groups is 2. The normalized spacial score (nSPS) is 14.6. The summed E-state index contributed by atoms with van der Waals surface area (Å²) in [4.78, 5) is 26.8. The van der Waals surface area contributed by atoms with E-state index in [2.05, 4.69) is 15.5 Å². The lowest BCUT2D eigenvalue weighted by Crippen LogP contribution is -2.17. The van der Waals surface area contributed by atoms with Crippen molar-refractivity contribution in [2.45, 2.75) is 57.0 Å². The Morgan fingerprint density at radius 2 is 1.74 bits per heavy atom. The highest BCUT2D eigenvalue weighted by molar-refractivity contribution is 5.93. The van der Waals surface area contributed by atoms with Gasteiger partial charge < -0.3 is 15.6 Å². The first-order valence-corrected chi connectivity index (χ1v) is 11.4. The first kappa shape index (κ1) is 24.4. The molecule has 10 heteroatoms. The average molecular weight is 486 g/mol. The van der Waals surface area contributed by atoms with E-state index in [-0.39, 0.29) is 41.9 Å². The van der Waals surface area contributed by atoms with Gasteiger partial charge in [0.1, 0.15) is 0 Å². The molecule has 2 aromatic carbocycles. The number of primary amides is 1. The molecule has 1 aliphatic rings. The molecule has 0 atom stereocenters. The highest BCUT2D eigenvalue weighted by atomic mass is 19.4. The van der Waals surface area contributed by atoms with Gasteiger partial charge in [-0.2, -0.15) is 18.2 Å². The van der Waals surface area contributed by atoms with Crippen LogP contribution in [0.25, 0.3) is 22.8 Å². The zero-order valence-corrected chi connectivity index (χ0v) is 18.9. The number of hydrogen-bond acceptors (Lipinski definition) is 5. The van der Waals surface area contributed by atoms with E-state index in [9.17, 15) is 22.8 Å². The molecule has 1 aromatic heterocycles. The molecule has 1 fully saturated rings. The van der Waals surface area contributed by atoms with Crippen LogP contribution < -0.4 is 11.1 Å². The molecule has 0 saturated heterocycles. The number of benzene rings is 2. The van der Waals surface area contributed by atoms with Gasteiger partial charge in [0.15, 0.2) is 0 Å². The highest BCUT2D eigenvalue weighted by Gasteiger charge is 2.36. The first-order chi connectivity index (χ1) is 16.7. The summed E-state index contributed by atoms with van der Waals surface area (Å²) in [7, 11) is 0. The second kappa shape index (κ2) is 10.3. The van der Waals surface area contributed by atoms with E-state index in [4.69, 9.17) is 10.3 Å². The third-order valence-electron chi connectivity index (χ3n) is 6.11. The van der Waals surface area contributed by atoms with Gasteiger partial charge in [0, 0.05) is 29.7 Å². The molecular formula is C25H25F3N4O3. The smallest absolute Gasteiger partial charge is 0.370 e. The van der Waals surface area contributed by atoms with Crippen LogP contribution in [-0.4, -0.2) is 22.0 Å². The van der Waals surface area contributed by atoms with Crippen LogP contribution in [0.2, 0.25) is 0 Å². The number of anilines is 1. The lowest BCUT2D eigenvalue weighted by atomic mass is 9.83. The molecule has 2 amide bonds. The lowest BCUT2D eigenvalue weighted by molar-refractivity contribution is -0.137. The maximum absolute atomic E-state index is 13.9. The molecule has 3 aromatic rings. The van der Waals surface area contributed by atoms with Crippen LogP contribution in [0.15, 0.2) is 47.0 Å². The zero-order chi connectivity index (χ0) is 25.0. The fourth-order valence-corrected chi connectivity index (χ4v) is 4.29. The largest absolute Gasteiger partial charge is 0.417 e. The number of halogens is 3. The standard InChI is InChI=1S/C25H25F3N4O3/c26-25(27,28)20-14-17(15-4-2-1-3-5-15)8-11-19(20)23-31-24(35-32-23)16-6-9-18(10-7-16)30-22(34)13-12-21(29)33/h6-11,14-15H,1-5,12-13H2,(H2,29,33)(H,30,34). The molecule has 1 saturated carbocycles. The van der Waals surface area contributed by atoms with Crippen molar-refractivity contribution in [3.05, 3.63) is 53.6 Å². The minimum Gasteiger partial charge on any atom is -0.370 e. The van der Waals surface area contributed by atoms with Gasteiger partial charge in [-0.1, -0.05) is 36.6 Å².